The molecule has 1 aliphatic heterocycles. The lowest BCUT2D eigenvalue weighted by Gasteiger charge is -2.31. The summed E-state index contributed by atoms with van der Waals surface area (Å²) in [6, 6.07) is 7.62. The molecule has 21 heavy (non-hydrogen) atoms. The molecular weight excluding hydrogens is 264 g/mol. The summed E-state index contributed by atoms with van der Waals surface area (Å²) in [5.74, 6) is 0.365. The molecule has 2 aromatic rings. The fourth-order valence-electron chi connectivity index (χ4n) is 2.71. The van der Waals surface area contributed by atoms with Crippen LogP contribution < -0.4 is 5.73 Å². The number of carbonyl (C=O) groups excluding carboxylic acids is 1. The maximum atomic E-state index is 12.6. The number of amides is 1. The Morgan fingerprint density at radius 3 is 2.90 bits per heavy atom. The molecule has 0 radical (unpaired) electrons. The van der Waals surface area contributed by atoms with Crippen LogP contribution in [0.3, 0.4) is 0 Å². The average molecular weight is 282 g/mol. The first-order valence-electron chi connectivity index (χ1n) is 7.08. The van der Waals surface area contributed by atoms with E-state index in [1.54, 1.807) is 12.4 Å². The van der Waals surface area contributed by atoms with Crippen molar-refractivity contribution in [1.29, 1.82) is 0 Å². The van der Waals surface area contributed by atoms with Crippen molar-refractivity contribution < 1.29 is 4.79 Å². The normalized spacial score (nSPS) is 15.4. The predicted molar refractivity (Wildman–Crippen MR) is 80.4 cm³/mol. The third-order valence-electron chi connectivity index (χ3n) is 4.00. The first kappa shape index (κ1) is 13.5. The number of aromatic nitrogens is 2. The molecule has 1 amide bonds. The van der Waals surface area contributed by atoms with Crippen LogP contribution in [0.25, 0.3) is 0 Å². The van der Waals surface area contributed by atoms with E-state index < -0.39 is 0 Å². The smallest absolute Gasteiger partial charge is 0.231 e. The monoisotopic (exact) mass is 282 g/mol. The van der Waals surface area contributed by atoms with Crippen molar-refractivity contribution in [2.75, 3.05) is 12.3 Å². The highest BCUT2D eigenvalue weighted by atomic mass is 16.2. The minimum atomic E-state index is -0.245. The number of fused-ring (bicyclic) bond motifs is 1. The summed E-state index contributed by atoms with van der Waals surface area (Å²) < 4.78 is 0. The maximum absolute atomic E-state index is 12.6. The standard InChI is InChI=1S/C16H18N4O/c1-11(14-4-2-3-7-18-14)16(21)20-9-6-12-5-8-19-15(17)13(12)10-20/h2-5,7-8,11H,6,9-10H2,1H3,(H2,17,19). The highest BCUT2D eigenvalue weighted by molar-refractivity contribution is 5.83. The zero-order chi connectivity index (χ0) is 14.8. The van der Waals surface area contributed by atoms with E-state index in [4.69, 9.17) is 5.73 Å². The highest BCUT2D eigenvalue weighted by Gasteiger charge is 2.27. The topological polar surface area (TPSA) is 72.1 Å². The second kappa shape index (κ2) is 5.52. The van der Waals surface area contributed by atoms with Crippen LogP contribution in [-0.4, -0.2) is 27.3 Å². The molecule has 3 rings (SSSR count). The van der Waals surface area contributed by atoms with Crippen LogP contribution in [0.4, 0.5) is 5.82 Å². The Morgan fingerprint density at radius 1 is 1.29 bits per heavy atom. The Bertz CT molecular complexity index is 657. The van der Waals surface area contributed by atoms with E-state index in [1.165, 1.54) is 5.56 Å². The summed E-state index contributed by atoms with van der Waals surface area (Å²) in [6.07, 6.45) is 4.26. The number of hydrogen-bond acceptors (Lipinski definition) is 4. The first-order chi connectivity index (χ1) is 10.2. The summed E-state index contributed by atoms with van der Waals surface area (Å²) in [6.45, 7) is 3.14. The molecule has 0 saturated heterocycles. The number of nitrogen functional groups attached to an aromatic ring is 1. The minimum Gasteiger partial charge on any atom is -0.383 e. The second-order valence-corrected chi connectivity index (χ2v) is 5.32. The fraction of sp³-hybridized carbons (Fsp3) is 0.312. The van der Waals surface area contributed by atoms with E-state index in [2.05, 4.69) is 9.97 Å². The van der Waals surface area contributed by atoms with Gasteiger partial charge in [0.1, 0.15) is 5.82 Å². The molecule has 5 nitrogen and oxygen atoms in total. The van der Waals surface area contributed by atoms with Crippen molar-refractivity contribution in [2.24, 2.45) is 0 Å². The van der Waals surface area contributed by atoms with Gasteiger partial charge in [-0.25, -0.2) is 4.98 Å². The Labute approximate surface area is 123 Å². The number of pyridine rings is 2. The van der Waals surface area contributed by atoms with Gasteiger partial charge in [0.2, 0.25) is 5.91 Å². The van der Waals surface area contributed by atoms with Crippen LogP contribution in [0.5, 0.6) is 0 Å². The molecular formula is C16H18N4O. The Balaban J connectivity index is 1.80. The number of rotatable bonds is 2. The van der Waals surface area contributed by atoms with E-state index in [0.717, 1.165) is 17.7 Å². The molecule has 0 bridgehead atoms. The highest BCUT2D eigenvalue weighted by Crippen LogP contribution is 2.25. The molecule has 0 aromatic carbocycles. The van der Waals surface area contributed by atoms with Crippen molar-refractivity contribution in [2.45, 2.75) is 25.8 Å². The number of nitrogens with two attached hydrogens (primary N) is 1. The third-order valence-corrected chi connectivity index (χ3v) is 4.00. The molecule has 1 aliphatic rings. The van der Waals surface area contributed by atoms with Crippen molar-refractivity contribution in [3.05, 3.63) is 53.5 Å². The van der Waals surface area contributed by atoms with E-state index >= 15 is 0 Å². The van der Waals surface area contributed by atoms with Crippen LogP contribution in [0.15, 0.2) is 36.7 Å². The minimum absolute atomic E-state index is 0.0857. The SMILES string of the molecule is CC(C(=O)N1CCc2ccnc(N)c2C1)c1ccccn1. The molecule has 2 N–H and O–H groups in total. The number of nitrogens with zero attached hydrogens (tertiary/aromatic N) is 3. The Hall–Kier alpha value is -2.43. The summed E-state index contributed by atoms with van der Waals surface area (Å²) in [4.78, 5) is 22.9. The van der Waals surface area contributed by atoms with Gasteiger partial charge in [0.25, 0.3) is 0 Å². The zero-order valence-electron chi connectivity index (χ0n) is 12.0. The summed E-state index contributed by atoms with van der Waals surface area (Å²) >= 11 is 0. The van der Waals surface area contributed by atoms with Crippen LogP contribution in [-0.2, 0) is 17.8 Å². The van der Waals surface area contributed by atoms with E-state index in [-0.39, 0.29) is 11.8 Å². The molecule has 1 atom stereocenters. The van der Waals surface area contributed by atoms with Crippen molar-refractivity contribution >= 4 is 11.7 Å². The number of anilines is 1. The van der Waals surface area contributed by atoms with Gasteiger partial charge in [-0.3, -0.25) is 9.78 Å². The molecule has 3 heterocycles. The van der Waals surface area contributed by atoms with Crippen LogP contribution >= 0.6 is 0 Å². The van der Waals surface area contributed by atoms with E-state index in [9.17, 15) is 4.79 Å². The Morgan fingerprint density at radius 2 is 2.14 bits per heavy atom. The van der Waals surface area contributed by atoms with Gasteiger partial charge in [-0.15, -0.1) is 0 Å². The molecule has 1 unspecified atom stereocenters. The molecule has 0 spiro atoms. The second-order valence-electron chi connectivity index (χ2n) is 5.32. The Kier molecular flexibility index (Phi) is 3.56. The largest absolute Gasteiger partial charge is 0.383 e. The molecule has 0 saturated carbocycles. The summed E-state index contributed by atoms with van der Waals surface area (Å²) in [5.41, 5.74) is 8.90. The van der Waals surface area contributed by atoms with Crippen molar-refractivity contribution in [1.82, 2.24) is 14.9 Å². The lowest BCUT2D eigenvalue weighted by molar-refractivity contribution is -0.133. The molecule has 5 heteroatoms. The lowest BCUT2D eigenvalue weighted by atomic mass is 9.98. The van der Waals surface area contributed by atoms with E-state index in [1.807, 2.05) is 36.1 Å². The van der Waals surface area contributed by atoms with Gasteiger partial charge in [0, 0.05) is 31.0 Å². The molecule has 0 fully saturated rings. The predicted octanol–water partition coefficient (Wildman–Crippen LogP) is 1.75. The van der Waals surface area contributed by atoms with Gasteiger partial charge >= 0.3 is 0 Å². The molecule has 2 aromatic heterocycles. The first-order valence-corrected chi connectivity index (χ1v) is 7.08. The quantitative estimate of drug-likeness (QED) is 0.910. The number of carbonyl (C=O) groups is 1. The van der Waals surface area contributed by atoms with Gasteiger partial charge in [-0.2, -0.15) is 0 Å². The molecule has 108 valence electrons. The third kappa shape index (κ3) is 2.59. The average Bonchev–Trinajstić information content (AvgIpc) is 2.54. The van der Waals surface area contributed by atoms with Gasteiger partial charge in [0.15, 0.2) is 0 Å². The van der Waals surface area contributed by atoms with Crippen LogP contribution in [0, 0.1) is 0 Å². The van der Waals surface area contributed by atoms with Gasteiger partial charge in [-0.1, -0.05) is 6.07 Å². The van der Waals surface area contributed by atoms with Crippen molar-refractivity contribution in [3.8, 4) is 0 Å². The van der Waals surface area contributed by atoms with Gasteiger partial charge < -0.3 is 10.6 Å². The van der Waals surface area contributed by atoms with Crippen molar-refractivity contribution in [3.63, 3.8) is 0 Å². The summed E-state index contributed by atoms with van der Waals surface area (Å²) in [7, 11) is 0. The lowest BCUT2D eigenvalue weighted by Crippen LogP contribution is -2.39. The maximum Gasteiger partial charge on any atom is 0.231 e. The van der Waals surface area contributed by atoms with Gasteiger partial charge in [0.05, 0.1) is 11.6 Å². The molecule has 0 aliphatic carbocycles. The fourth-order valence-corrected chi connectivity index (χ4v) is 2.71. The van der Waals surface area contributed by atoms with Crippen LogP contribution in [0.2, 0.25) is 0 Å². The van der Waals surface area contributed by atoms with E-state index in [0.29, 0.717) is 18.9 Å². The summed E-state index contributed by atoms with van der Waals surface area (Å²) in [5, 5.41) is 0. The zero-order valence-corrected chi connectivity index (χ0v) is 12.0. The van der Waals surface area contributed by atoms with Gasteiger partial charge in [-0.05, 0) is 37.1 Å². The number of hydrogen-bond donors (Lipinski definition) is 1. The van der Waals surface area contributed by atoms with Crippen LogP contribution in [0.1, 0.15) is 29.7 Å².